The predicted octanol–water partition coefficient (Wildman–Crippen LogP) is 5.01. The van der Waals surface area contributed by atoms with Gasteiger partial charge in [-0.15, -0.1) is 0 Å². The molecule has 0 fully saturated rings. The molecule has 0 spiro atoms. The molecule has 1 nitrogen and oxygen atoms in total. The van der Waals surface area contributed by atoms with Gasteiger partial charge in [-0.1, -0.05) is 56.6 Å². The van der Waals surface area contributed by atoms with Gasteiger partial charge in [0.05, 0.1) is 5.56 Å². The smallest absolute Gasteiger partial charge is 0.196 e. The highest BCUT2D eigenvalue weighted by Crippen LogP contribution is 2.28. The van der Waals surface area contributed by atoms with E-state index >= 15 is 0 Å². The van der Waals surface area contributed by atoms with E-state index in [4.69, 9.17) is 11.6 Å². The molecule has 0 bridgehead atoms. The largest absolute Gasteiger partial charge is 0.288 e. The highest BCUT2D eigenvalue weighted by atomic mass is 35.5. The number of hydrogen-bond acceptors (Lipinski definition) is 1. The molecule has 0 aliphatic rings. The Hall–Kier alpha value is -1.67. The van der Waals surface area contributed by atoms with Gasteiger partial charge in [0, 0.05) is 10.6 Å². The summed E-state index contributed by atoms with van der Waals surface area (Å²) >= 11 is 5.72. The van der Waals surface area contributed by atoms with Crippen LogP contribution in [-0.4, -0.2) is 5.78 Å². The number of benzene rings is 2. The van der Waals surface area contributed by atoms with Gasteiger partial charge in [-0.05, 0) is 29.2 Å². The van der Waals surface area contributed by atoms with E-state index in [0.717, 1.165) is 11.6 Å². The van der Waals surface area contributed by atoms with Crippen molar-refractivity contribution in [1.29, 1.82) is 0 Å². The first-order valence-electron chi connectivity index (χ1n) is 6.40. The molecule has 0 saturated carbocycles. The van der Waals surface area contributed by atoms with Gasteiger partial charge in [0.1, 0.15) is 5.82 Å². The quantitative estimate of drug-likeness (QED) is 0.711. The zero-order valence-corrected chi connectivity index (χ0v) is 12.5. The Morgan fingerprint density at radius 1 is 1.05 bits per heavy atom. The van der Waals surface area contributed by atoms with Crippen molar-refractivity contribution < 1.29 is 9.18 Å². The third kappa shape index (κ3) is 2.91. The molecule has 0 amide bonds. The van der Waals surface area contributed by atoms with Crippen LogP contribution >= 0.6 is 11.6 Å². The standard InChI is InChI=1S/C17H16ClFO/c1-17(2,3)14-7-5-4-6-12(14)16(20)13-9-8-11(18)10-15(13)19/h4-10H,1-3H3. The molecule has 0 N–H and O–H groups in total. The van der Waals surface area contributed by atoms with Crippen molar-refractivity contribution in [2.24, 2.45) is 0 Å². The third-order valence-corrected chi connectivity index (χ3v) is 3.39. The van der Waals surface area contributed by atoms with E-state index in [1.54, 1.807) is 12.1 Å². The van der Waals surface area contributed by atoms with Crippen molar-refractivity contribution in [3.05, 3.63) is 70.0 Å². The zero-order valence-electron chi connectivity index (χ0n) is 11.7. The van der Waals surface area contributed by atoms with Gasteiger partial charge in [-0.3, -0.25) is 4.79 Å². The van der Waals surface area contributed by atoms with Crippen LogP contribution in [0.3, 0.4) is 0 Å². The van der Waals surface area contributed by atoms with Gasteiger partial charge < -0.3 is 0 Å². The molecule has 0 aliphatic heterocycles. The highest BCUT2D eigenvalue weighted by molar-refractivity contribution is 6.30. The van der Waals surface area contributed by atoms with Crippen molar-refractivity contribution in [1.82, 2.24) is 0 Å². The van der Waals surface area contributed by atoms with Gasteiger partial charge in [0.15, 0.2) is 5.78 Å². The molecule has 0 aromatic heterocycles. The van der Waals surface area contributed by atoms with E-state index in [1.165, 1.54) is 12.1 Å². The number of carbonyl (C=O) groups is 1. The molecule has 104 valence electrons. The van der Waals surface area contributed by atoms with Crippen molar-refractivity contribution in [2.75, 3.05) is 0 Å². The van der Waals surface area contributed by atoms with Crippen LogP contribution in [0, 0.1) is 5.82 Å². The maximum Gasteiger partial charge on any atom is 0.196 e. The van der Waals surface area contributed by atoms with E-state index in [0.29, 0.717) is 5.56 Å². The maximum absolute atomic E-state index is 13.9. The Bertz CT molecular complexity index is 656. The molecule has 0 aliphatic carbocycles. The summed E-state index contributed by atoms with van der Waals surface area (Å²) in [6, 6.07) is 11.4. The molecule has 0 radical (unpaired) electrons. The second-order valence-corrected chi connectivity index (χ2v) is 6.19. The topological polar surface area (TPSA) is 17.1 Å². The van der Waals surface area contributed by atoms with Crippen LogP contribution in [0.15, 0.2) is 42.5 Å². The Morgan fingerprint density at radius 3 is 2.30 bits per heavy atom. The number of ketones is 1. The molecular formula is C17H16ClFO. The van der Waals surface area contributed by atoms with Crippen LogP contribution in [0.4, 0.5) is 4.39 Å². The lowest BCUT2D eigenvalue weighted by atomic mass is 9.82. The first-order chi connectivity index (χ1) is 9.30. The summed E-state index contributed by atoms with van der Waals surface area (Å²) in [4.78, 5) is 12.6. The molecule has 0 saturated heterocycles. The first-order valence-corrected chi connectivity index (χ1v) is 6.78. The number of carbonyl (C=O) groups excluding carboxylic acids is 1. The third-order valence-electron chi connectivity index (χ3n) is 3.16. The monoisotopic (exact) mass is 290 g/mol. The number of hydrogen-bond donors (Lipinski definition) is 0. The van der Waals surface area contributed by atoms with Crippen LogP contribution in [0.25, 0.3) is 0 Å². The van der Waals surface area contributed by atoms with Gasteiger partial charge >= 0.3 is 0 Å². The van der Waals surface area contributed by atoms with E-state index in [2.05, 4.69) is 0 Å². The average molecular weight is 291 g/mol. The predicted molar refractivity (Wildman–Crippen MR) is 80.0 cm³/mol. The van der Waals surface area contributed by atoms with Gasteiger partial charge in [-0.2, -0.15) is 0 Å². The molecule has 0 atom stereocenters. The van der Waals surface area contributed by atoms with Gasteiger partial charge in [0.2, 0.25) is 0 Å². The Labute approximate surface area is 123 Å². The number of halogens is 2. The minimum Gasteiger partial charge on any atom is -0.288 e. The van der Waals surface area contributed by atoms with E-state index in [1.807, 2.05) is 32.9 Å². The fraction of sp³-hybridized carbons (Fsp3) is 0.235. The lowest BCUT2D eigenvalue weighted by Gasteiger charge is -2.22. The van der Waals surface area contributed by atoms with E-state index in [9.17, 15) is 9.18 Å². The maximum atomic E-state index is 13.9. The lowest BCUT2D eigenvalue weighted by Crippen LogP contribution is -2.17. The van der Waals surface area contributed by atoms with E-state index < -0.39 is 5.82 Å². The molecule has 2 rings (SSSR count). The van der Waals surface area contributed by atoms with Crippen molar-refractivity contribution in [3.63, 3.8) is 0 Å². The molecule has 2 aromatic rings. The summed E-state index contributed by atoms with van der Waals surface area (Å²) < 4.78 is 13.9. The van der Waals surface area contributed by atoms with Crippen molar-refractivity contribution >= 4 is 17.4 Å². The lowest BCUT2D eigenvalue weighted by molar-refractivity contribution is 0.103. The van der Waals surface area contributed by atoms with Crippen molar-refractivity contribution in [2.45, 2.75) is 26.2 Å². The number of rotatable bonds is 2. The Morgan fingerprint density at radius 2 is 1.70 bits per heavy atom. The zero-order chi connectivity index (χ0) is 14.9. The van der Waals surface area contributed by atoms with Gasteiger partial charge in [0.25, 0.3) is 0 Å². The van der Waals surface area contributed by atoms with Crippen molar-refractivity contribution in [3.8, 4) is 0 Å². The summed E-state index contributed by atoms with van der Waals surface area (Å²) in [7, 11) is 0. The fourth-order valence-electron chi connectivity index (χ4n) is 2.15. The van der Waals surface area contributed by atoms with Crippen LogP contribution in [0.1, 0.15) is 42.3 Å². The van der Waals surface area contributed by atoms with E-state index in [-0.39, 0.29) is 21.8 Å². The molecule has 20 heavy (non-hydrogen) atoms. The van der Waals surface area contributed by atoms with Gasteiger partial charge in [-0.25, -0.2) is 4.39 Å². The van der Waals surface area contributed by atoms with Crippen LogP contribution in [0.2, 0.25) is 5.02 Å². The Kier molecular flexibility index (Phi) is 3.96. The second-order valence-electron chi connectivity index (χ2n) is 5.75. The summed E-state index contributed by atoms with van der Waals surface area (Å²) in [5.74, 6) is -0.907. The summed E-state index contributed by atoms with van der Waals surface area (Å²) in [5, 5.41) is 0.281. The highest BCUT2D eigenvalue weighted by Gasteiger charge is 2.23. The molecule has 3 heteroatoms. The van der Waals surface area contributed by atoms with Crippen LogP contribution < -0.4 is 0 Å². The summed E-state index contributed by atoms with van der Waals surface area (Å²) in [5.41, 5.74) is 1.29. The Balaban J connectivity index is 2.55. The normalized spacial score (nSPS) is 11.4. The molecule has 2 aromatic carbocycles. The average Bonchev–Trinajstić information content (AvgIpc) is 2.37. The molecule has 0 unspecified atom stereocenters. The van der Waals surface area contributed by atoms with Crippen LogP contribution in [0.5, 0.6) is 0 Å². The summed E-state index contributed by atoms with van der Waals surface area (Å²) in [6.45, 7) is 6.08. The minimum atomic E-state index is -0.591. The molecular weight excluding hydrogens is 275 g/mol. The fourth-order valence-corrected chi connectivity index (χ4v) is 2.31. The summed E-state index contributed by atoms with van der Waals surface area (Å²) in [6.07, 6.45) is 0. The SMILES string of the molecule is CC(C)(C)c1ccccc1C(=O)c1ccc(Cl)cc1F. The second kappa shape index (κ2) is 5.37. The van der Waals surface area contributed by atoms with Crippen LogP contribution in [-0.2, 0) is 5.41 Å². The first kappa shape index (κ1) is 14.7. The minimum absolute atomic E-state index is 0.0473. The molecule has 0 heterocycles.